The highest BCUT2D eigenvalue weighted by Gasteiger charge is 2.40. The van der Waals surface area contributed by atoms with Gasteiger partial charge in [-0.25, -0.2) is 0 Å². The van der Waals surface area contributed by atoms with Crippen molar-refractivity contribution in [3.8, 4) is 17.2 Å². The Morgan fingerprint density at radius 2 is 2.05 bits per heavy atom. The maximum Gasteiger partial charge on any atom is 0.258 e. The van der Waals surface area contributed by atoms with Gasteiger partial charge in [-0.05, 0) is 44.7 Å². The predicted molar refractivity (Wildman–Crippen MR) is 73.3 cm³/mol. The van der Waals surface area contributed by atoms with Crippen LogP contribution in [-0.4, -0.2) is 22.4 Å². The summed E-state index contributed by atoms with van der Waals surface area (Å²) in [6, 6.07) is 5.27. The number of benzene rings is 1. The van der Waals surface area contributed by atoms with E-state index in [-0.39, 0.29) is 5.75 Å². The zero-order valence-corrected chi connectivity index (χ0v) is 11.7. The van der Waals surface area contributed by atoms with Crippen molar-refractivity contribution < 1.29 is 14.4 Å². The lowest BCUT2D eigenvalue weighted by atomic mass is 10.0. The molecule has 5 heteroatoms. The van der Waals surface area contributed by atoms with Crippen LogP contribution in [0, 0.1) is 6.92 Å². The summed E-state index contributed by atoms with van der Waals surface area (Å²) in [4.78, 5) is 4.49. The zero-order chi connectivity index (χ0) is 14.2. The monoisotopic (exact) mass is 274 g/mol. The minimum atomic E-state index is -0.410. The lowest BCUT2D eigenvalue weighted by molar-refractivity contribution is -0.0178. The zero-order valence-electron chi connectivity index (χ0n) is 11.7. The summed E-state index contributed by atoms with van der Waals surface area (Å²) in [5.41, 5.74) is 1.08. The number of nitrogens with zero attached hydrogens (tertiary/aromatic N) is 2. The molecule has 1 N–H and O–H groups in total. The first-order chi connectivity index (χ1) is 9.66. The molecule has 1 aliphatic carbocycles. The summed E-state index contributed by atoms with van der Waals surface area (Å²) < 4.78 is 11.0. The van der Waals surface area contributed by atoms with Crippen LogP contribution in [0.4, 0.5) is 0 Å². The Kier molecular flexibility index (Phi) is 3.22. The van der Waals surface area contributed by atoms with Crippen LogP contribution >= 0.6 is 0 Å². The van der Waals surface area contributed by atoms with Crippen LogP contribution in [0.3, 0.4) is 0 Å². The second-order valence-electron chi connectivity index (χ2n) is 5.28. The van der Waals surface area contributed by atoms with E-state index in [0.717, 1.165) is 36.8 Å². The number of aromatic nitrogens is 2. The van der Waals surface area contributed by atoms with Gasteiger partial charge in [-0.15, -0.1) is 0 Å². The lowest BCUT2D eigenvalue weighted by Crippen LogP contribution is -2.25. The van der Waals surface area contributed by atoms with E-state index in [1.807, 2.05) is 13.0 Å². The van der Waals surface area contributed by atoms with E-state index >= 15 is 0 Å². The fourth-order valence-corrected chi connectivity index (χ4v) is 2.84. The molecule has 0 aliphatic heterocycles. The van der Waals surface area contributed by atoms with Crippen molar-refractivity contribution in [3.63, 3.8) is 0 Å². The first kappa shape index (κ1) is 13.1. The van der Waals surface area contributed by atoms with E-state index < -0.39 is 5.60 Å². The maximum absolute atomic E-state index is 9.76. The average molecular weight is 274 g/mol. The molecule has 2 aromatic rings. The molecular weight excluding hydrogens is 256 g/mol. The maximum atomic E-state index is 9.76. The normalized spacial score (nSPS) is 17.5. The van der Waals surface area contributed by atoms with E-state index in [0.29, 0.717) is 11.7 Å². The van der Waals surface area contributed by atoms with Crippen molar-refractivity contribution in [2.45, 2.75) is 38.2 Å². The average Bonchev–Trinajstić information content (AvgIpc) is 3.10. The predicted octanol–water partition coefficient (Wildman–Crippen LogP) is 3.17. The first-order valence-electron chi connectivity index (χ1n) is 6.84. The van der Waals surface area contributed by atoms with Gasteiger partial charge in [0.25, 0.3) is 5.89 Å². The number of hydrogen-bond donors (Lipinski definition) is 1. The molecule has 0 amide bonds. The van der Waals surface area contributed by atoms with Crippen molar-refractivity contribution in [2.75, 3.05) is 7.11 Å². The molecule has 20 heavy (non-hydrogen) atoms. The van der Waals surface area contributed by atoms with Crippen LogP contribution in [0.5, 0.6) is 5.75 Å². The standard InChI is InChI=1S/C15H18N2O3/c1-10-11(6-5-7-12(10)18)13-16-14(17-20-13)15(19-2)8-3-4-9-15/h5-7,18H,3-4,8-9H2,1-2H3. The molecule has 1 saturated carbocycles. The molecular formula is C15H18N2O3. The van der Waals surface area contributed by atoms with Crippen molar-refractivity contribution in [1.29, 1.82) is 0 Å². The van der Waals surface area contributed by atoms with E-state index in [9.17, 15) is 5.11 Å². The highest BCUT2D eigenvalue weighted by Crippen LogP contribution is 2.41. The summed E-state index contributed by atoms with van der Waals surface area (Å²) in [5, 5.41) is 13.9. The van der Waals surface area contributed by atoms with Gasteiger partial charge in [-0.2, -0.15) is 4.98 Å². The Labute approximate surface area is 117 Å². The number of methoxy groups -OCH3 is 1. The van der Waals surface area contributed by atoms with Crippen LogP contribution in [0.15, 0.2) is 22.7 Å². The van der Waals surface area contributed by atoms with Crippen LogP contribution in [-0.2, 0) is 10.3 Å². The lowest BCUT2D eigenvalue weighted by Gasteiger charge is -2.22. The van der Waals surface area contributed by atoms with Crippen molar-refractivity contribution >= 4 is 0 Å². The van der Waals surface area contributed by atoms with Gasteiger partial charge in [-0.1, -0.05) is 11.2 Å². The minimum absolute atomic E-state index is 0.226. The fraction of sp³-hybridized carbons (Fsp3) is 0.467. The highest BCUT2D eigenvalue weighted by molar-refractivity contribution is 5.61. The fourth-order valence-electron chi connectivity index (χ4n) is 2.84. The summed E-state index contributed by atoms with van der Waals surface area (Å²) in [6.07, 6.45) is 4.06. The summed E-state index contributed by atoms with van der Waals surface area (Å²) >= 11 is 0. The highest BCUT2D eigenvalue weighted by atomic mass is 16.5. The van der Waals surface area contributed by atoms with Crippen LogP contribution in [0.2, 0.25) is 0 Å². The third kappa shape index (κ3) is 1.98. The number of phenolic OH excluding ortho intramolecular Hbond substituents is 1. The second-order valence-corrected chi connectivity index (χ2v) is 5.28. The smallest absolute Gasteiger partial charge is 0.258 e. The number of phenols is 1. The Morgan fingerprint density at radius 3 is 2.75 bits per heavy atom. The molecule has 3 rings (SSSR count). The quantitative estimate of drug-likeness (QED) is 0.931. The summed E-state index contributed by atoms with van der Waals surface area (Å²) in [5.74, 6) is 1.26. The topological polar surface area (TPSA) is 68.4 Å². The molecule has 5 nitrogen and oxygen atoms in total. The van der Waals surface area contributed by atoms with Crippen molar-refractivity contribution in [3.05, 3.63) is 29.6 Å². The van der Waals surface area contributed by atoms with Gasteiger partial charge >= 0.3 is 0 Å². The number of ether oxygens (including phenoxy) is 1. The largest absolute Gasteiger partial charge is 0.508 e. The van der Waals surface area contributed by atoms with E-state index in [1.165, 1.54) is 0 Å². The van der Waals surface area contributed by atoms with Crippen LogP contribution in [0.1, 0.15) is 37.1 Å². The van der Waals surface area contributed by atoms with Crippen LogP contribution < -0.4 is 0 Å². The third-order valence-corrected chi connectivity index (χ3v) is 4.17. The van der Waals surface area contributed by atoms with Gasteiger partial charge < -0.3 is 14.4 Å². The first-order valence-corrected chi connectivity index (χ1v) is 6.84. The number of rotatable bonds is 3. The van der Waals surface area contributed by atoms with Gasteiger partial charge in [-0.3, -0.25) is 0 Å². The minimum Gasteiger partial charge on any atom is -0.508 e. The van der Waals surface area contributed by atoms with Gasteiger partial charge in [0.05, 0.1) is 0 Å². The van der Waals surface area contributed by atoms with E-state index in [1.54, 1.807) is 19.2 Å². The Balaban J connectivity index is 2.00. The molecule has 0 atom stereocenters. The molecule has 0 saturated heterocycles. The number of hydrogen-bond acceptors (Lipinski definition) is 5. The second kappa shape index (κ2) is 4.90. The van der Waals surface area contributed by atoms with Crippen molar-refractivity contribution in [2.24, 2.45) is 0 Å². The Morgan fingerprint density at radius 1 is 1.30 bits per heavy atom. The van der Waals surface area contributed by atoms with E-state index in [4.69, 9.17) is 9.26 Å². The molecule has 0 bridgehead atoms. The van der Waals surface area contributed by atoms with Crippen molar-refractivity contribution in [1.82, 2.24) is 10.1 Å². The number of aromatic hydroxyl groups is 1. The molecule has 1 fully saturated rings. The third-order valence-electron chi connectivity index (χ3n) is 4.17. The molecule has 0 radical (unpaired) electrons. The molecule has 0 unspecified atom stereocenters. The molecule has 0 spiro atoms. The molecule has 106 valence electrons. The SMILES string of the molecule is COC1(c2noc(-c3cccc(O)c3C)n2)CCCC1. The summed E-state index contributed by atoms with van der Waals surface area (Å²) in [6.45, 7) is 1.83. The molecule has 1 aromatic heterocycles. The molecule has 1 aromatic carbocycles. The Bertz CT molecular complexity index is 615. The van der Waals surface area contributed by atoms with Gasteiger partial charge in [0.2, 0.25) is 5.82 Å². The Hall–Kier alpha value is -1.88. The van der Waals surface area contributed by atoms with Crippen LogP contribution in [0.25, 0.3) is 11.5 Å². The van der Waals surface area contributed by atoms with Gasteiger partial charge in [0.15, 0.2) is 0 Å². The van der Waals surface area contributed by atoms with Gasteiger partial charge in [0, 0.05) is 18.2 Å². The van der Waals surface area contributed by atoms with E-state index in [2.05, 4.69) is 10.1 Å². The van der Waals surface area contributed by atoms with Gasteiger partial charge in [0.1, 0.15) is 11.4 Å². The summed E-state index contributed by atoms with van der Waals surface area (Å²) in [7, 11) is 1.70. The molecule has 1 heterocycles. The molecule has 1 aliphatic rings.